The number of hydrogen-bond donors (Lipinski definition) is 0. The molecule has 2 rings (SSSR count). The topological polar surface area (TPSA) is 35.0 Å². The first-order valence-electron chi connectivity index (χ1n) is 6.34. The van der Waals surface area contributed by atoms with E-state index in [2.05, 4.69) is 16.9 Å². The van der Waals surface area contributed by atoms with Crippen molar-refractivity contribution < 1.29 is 4.74 Å². The lowest BCUT2D eigenvalue weighted by atomic mass is 10.1. The van der Waals surface area contributed by atoms with Gasteiger partial charge in [0.2, 0.25) is 0 Å². The van der Waals surface area contributed by atoms with E-state index in [4.69, 9.17) is 16.3 Å². The molecular formula is C13H19ClN2O. The van der Waals surface area contributed by atoms with Gasteiger partial charge in [-0.3, -0.25) is 0 Å². The minimum atomic E-state index is -0.0407. The maximum atomic E-state index is 6.27. The zero-order chi connectivity index (χ0) is 12.3. The zero-order valence-electron chi connectivity index (χ0n) is 10.5. The van der Waals surface area contributed by atoms with Gasteiger partial charge in [-0.2, -0.15) is 0 Å². The monoisotopic (exact) mass is 254 g/mol. The number of hydrogen-bond acceptors (Lipinski definition) is 3. The van der Waals surface area contributed by atoms with Gasteiger partial charge in [0.05, 0.1) is 0 Å². The normalized spacial score (nSPS) is 17.4. The Kier molecular flexibility index (Phi) is 4.35. The lowest BCUT2D eigenvalue weighted by Gasteiger charge is -2.15. The molecule has 0 amide bonds. The second-order valence-corrected chi connectivity index (χ2v) is 4.85. The van der Waals surface area contributed by atoms with Gasteiger partial charge in [-0.25, -0.2) is 9.97 Å². The average molecular weight is 255 g/mol. The van der Waals surface area contributed by atoms with Gasteiger partial charge in [0.25, 0.3) is 0 Å². The van der Waals surface area contributed by atoms with Crippen LogP contribution in [0.5, 0.6) is 0 Å². The average Bonchev–Trinajstić information content (AvgIpc) is 2.56. The van der Waals surface area contributed by atoms with Gasteiger partial charge in [0.1, 0.15) is 11.3 Å². The van der Waals surface area contributed by atoms with E-state index in [1.54, 1.807) is 7.11 Å². The van der Waals surface area contributed by atoms with E-state index < -0.39 is 0 Å². The maximum absolute atomic E-state index is 6.27. The van der Waals surface area contributed by atoms with Gasteiger partial charge in [-0.05, 0) is 32.1 Å². The third-order valence-corrected chi connectivity index (χ3v) is 3.66. The largest absolute Gasteiger partial charge is 0.373 e. The Morgan fingerprint density at radius 1 is 1.24 bits per heavy atom. The highest BCUT2D eigenvalue weighted by Crippen LogP contribution is 2.27. The summed E-state index contributed by atoms with van der Waals surface area (Å²) in [6.07, 6.45) is 6.50. The van der Waals surface area contributed by atoms with Gasteiger partial charge in [0.15, 0.2) is 5.82 Å². The number of rotatable bonds is 3. The third-order valence-electron chi connectivity index (χ3n) is 3.34. The summed E-state index contributed by atoms with van der Waals surface area (Å²) in [5, 5.41) is 0.627. The van der Waals surface area contributed by atoms with Crippen molar-refractivity contribution in [2.75, 3.05) is 7.11 Å². The molecule has 3 nitrogen and oxygen atoms in total. The first-order chi connectivity index (χ1) is 8.26. The Balaban J connectivity index is 2.38. The highest BCUT2D eigenvalue weighted by Gasteiger charge is 2.19. The predicted molar refractivity (Wildman–Crippen MR) is 68.3 cm³/mol. The zero-order valence-corrected chi connectivity index (χ0v) is 11.3. The molecule has 1 aliphatic carbocycles. The summed E-state index contributed by atoms with van der Waals surface area (Å²) in [7, 11) is 1.69. The molecule has 1 aromatic heterocycles. The van der Waals surface area contributed by atoms with Crippen molar-refractivity contribution in [1.29, 1.82) is 0 Å². The Bertz CT molecular complexity index is 391. The van der Waals surface area contributed by atoms with Gasteiger partial charge < -0.3 is 4.74 Å². The minimum absolute atomic E-state index is 0.0407. The lowest BCUT2D eigenvalue weighted by molar-refractivity contribution is 0.0923. The highest BCUT2D eigenvalue weighted by molar-refractivity contribution is 6.30. The van der Waals surface area contributed by atoms with Crippen molar-refractivity contribution in [1.82, 2.24) is 9.97 Å². The van der Waals surface area contributed by atoms with E-state index >= 15 is 0 Å². The summed E-state index contributed by atoms with van der Waals surface area (Å²) in [4.78, 5) is 9.06. The van der Waals surface area contributed by atoms with E-state index in [1.807, 2.05) is 0 Å². The molecule has 0 N–H and O–H groups in total. The SMILES string of the molecule is CCC(OC)c1nc(Cl)c2c(n1)CCCCC2. The van der Waals surface area contributed by atoms with Crippen LogP contribution in [0.3, 0.4) is 0 Å². The number of halogens is 1. The molecule has 17 heavy (non-hydrogen) atoms. The molecule has 1 aromatic rings. The first kappa shape index (κ1) is 12.8. The van der Waals surface area contributed by atoms with Crippen molar-refractivity contribution in [2.45, 2.75) is 51.6 Å². The number of fused-ring (bicyclic) bond motifs is 1. The van der Waals surface area contributed by atoms with E-state index in [-0.39, 0.29) is 6.10 Å². The molecule has 0 radical (unpaired) electrons. The van der Waals surface area contributed by atoms with E-state index in [9.17, 15) is 0 Å². The summed E-state index contributed by atoms with van der Waals surface area (Å²) in [6.45, 7) is 2.07. The van der Waals surface area contributed by atoms with Crippen molar-refractivity contribution in [3.05, 3.63) is 22.2 Å². The van der Waals surface area contributed by atoms with Gasteiger partial charge in [-0.15, -0.1) is 0 Å². The summed E-state index contributed by atoms with van der Waals surface area (Å²) in [6, 6.07) is 0. The number of aromatic nitrogens is 2. The van der Waals surface area contributed by atoms with Crippen LogP contribution in [0.25, 0.3) is 0 Å². The number of methoxy groups -OCH3 is 1. The molecule has 0 aromatic carbocycles. The Morgan fingerprint density at radius 2 is 2.00 bits per heavy atom. The molecular weight excluding hydrogens is 236 g/mol. The quantitative estimate of drug-likeness (QED) is 0.612. The highest BCUT2D eigenvalue weighted by atomic mass is 35.5. The second-order valence-electron chi connectivity index (χ2n) is 4.49. The van der Waals surface area contributed by atoms with Crippen molar-refractivity contribution >= 4 is 11.6 Å². The molecule has 1 heterocycles. The molecule has 4 heteroatoms. The molecule has 0 aliphatic heterocycles. The molecule has 0 saturated heterocycles. The molecule has 1 unspecified atom stereocenters. The second kappa shape index (κ2) is 5.78. The van der Waals surface area contributed by atoms with Crippen LogP contribution in [0.1, 0.15) is 55.8 Å². The number of aryl methyl sites for hydroxylation is 1. The first-order valence-corrected chi connectivity index (χ1v) is 6.72. The fourth-order valence-corrected chi connectivity index (χ4v) is 2.63. The molecule has 1 atom stereocenters. The fraction of sp³-hybridized carbons (Fsp3) is 0.692. The lowest BCUT2D eigenvalue weighted by Crippen LogP contribution is -2.10. The smallest absolute Gasteiger partial charge is 0.159 e. The maximum Gasteiger partial charge on any atom is 0.159 e. The van der Waals surface area contributed by atoms with Gasteiger partial charge >= 0.3 is 0 Å². The van der Waals surface area contributed by atoms with Gasteiger partial charge in [-0.1, -0.05) is 24.9 Å². The summed E-state index contributed by atoms with van der Waals surface area (Å²) < 4.78 is 5.38. The van der Waals surface area contributed by atoms with E-state index in [0.717, 1.165) is 36.3 Å². The summed E-state index contributed by atoms with van der Waals surface area (Å²) in [5.41, 5.74) is 2.28. The van der Waals surface area contributed by atoms with Crippen LogP contribution in [-0.2, 0) is 17.6 Å². The predicted octanol–water partition coefficient (Wildman–Crippen LogP) is 3.50. The van der Waals surface area contributed by atoms with Crippen LogP contribution in [0, 0.1) is 0 Å². The van der Waals surface area contributed by atoms with Gasteiger partial charge in [0, 0.05) is 18.4 Å². The van der Waals surface area contributed by atoms with Crippen LogP contribution in [0.2, 0.25) is 5.15 Å². The fourth-order valence-electron chi connectivity index (χ4n) is 2.34. The van der Waals surface area contributed by atoms with Crippen LogP contribution in [-0.4, -0.2) is 17.1 Å². The van der Waals surface area contributed by atoms with Crippen molar-refractivity contribution in [2.24, 2.45) is 0 Å². The number of ether oxygens (including phenoxy) is 1. The standard InChI is InChI=1S/C13H19ClN2O/c1-3-11(17-2)13-15-10-8-6-4-5-7-9(10)12(14)16-13/h11H,3-8H2,1-2H3. The van der Waals surface area contributed by atoms with Crippen molar-refractivity contribution in [3.63, 3.8) is 0 Å². The third kappa shape index (κ3) is 2.78. The molecule has 0 fully saturated rings. The molecule has 1 aliphatic rings. The Hall–Kier alpha value is -0.670. The number of nitrogens with zero attached hydrogens (tertiary/aromatic N) is 2. The summed E-state index contributed by atoms with van der Waals surface area (Å²) in [5.74, 6) is 0.737. The molecule has 0 saturated carbocycles. The van der Waals surface area contributed by atoms with E-state index in [1.165, 1.54) is 19.3 Å². The molecule has 94 valence electrons. The minimum Gasteiger partial charge on any atom is -0.373 e. The Morgan fingerprint density at radius 3 is 2.71 bits per heavy atom. The van der Waals surface area contributed by atoms with Crippen LogP contribution < -0.4 is 0 Å². The van der Waals surface area contributed by atoms with Crippen molar-refractivity contribution in [3.8, 4) is 0 Å². The van der Waals surface area contributed by atoms with Crippen LogP contribution >= 0.6 is 11.6 Å². The summed E-state index contributed by atoms with van der Waals surface area (Å²) >= 11 is 6.27. The van der Waals surface area contributed by atoms with Crippen LogP contribution in [0.4, 0.5) is 0 Å². The van der Waals surface area contributed by atoms with E-state index in [0.29, 0.717) is 5.15 Å². The Labute approximate surface area is 108 Å². The molecule has 0 bridgehead atoms. The molecule has 0 spiro atoms. The van der Waals surface area contributed by atoms with Crippen LogP contribution in [0.15, 0.2) is 0 Å².